The Morgan fingerprint density at radius 2 is 1.86 bits per heavy atom. The number of rotatable bonds is 0. The molecule has 0 fully saturated rings. The lowest BCUT2D eigenvalue weighted by atomic mass is 10.1. The zero-order valence-corrected chi connectivity index (χ0v) is 8.69. The van der Waals surface area contributed by atoms with Crippen molar-refractivity contribution in [2.24, 2.45) is 0 Å². The van der Waals surface area contributed by atoms with Crippen LogP contribution >= 0.6 is 24.0 Å². The highest BCUT2D eigenvalue weighted by Gasteiger charge is 2.10. The molecule has 4 heteroatoms. The van der Waals surface area contributed by atoms with Crippen molar-refractivity contribution in [1.82, 2.24) is 0 Å². The number of hydrogen-bond donors (Lipinski definition) is 1. The third-order valence-corrected chi connectivity index (χ3v) is 3.48. The van der Waals surface area contributed by atoms with Gasteiger partial charge >= 0.3 is 0 Å². The van der Waals surface area contributed by atoms with Crippen LogP contribution in [-0.4, -0.2) is 0 Å². The van der Waals surface area contributed by atoms with Crippen molar-refractivity contribution in [3.63, 3.8) is 0 Å². The van der Waals surface area contributed by atoms with E-state index in [0.717, 1.165) is 15.0 Å². The van der Waals surface area contributed by atoms with Crippen LogP contribution in [0.4, 0.5) is 0 Å². The Bertz CT molecular complexity index is 584. The molecule has 14 heavy (non-hydrogen) atoms. The molecule has 1 heterocycles. The number of benzene rings is 1. The van der Waals surface area contributed by atoms with Crippen LogP contribution in [0.3, 0.4) is 0 Å². The minimum atomic E-state index is 0.538. The van der Waals surface area contributed by atoms with Crippen LogP contribution in [-0.2, 0) is 0 Å². The second kappa shape index (κ2) is 3.34. The summed E-state index contributed by atoms with van der Waals surface area (Å²) in [5.74, 6) is 0. The molecule has 0 bridgehead atoms. The van der Waals surface area contributed by atoms with Crippen molar-refractivity contribution in [2.45, 2.75) is 4.90 Å². The van der Waals surface area contributed by atoms with Crippen molar-refractivity contribution in [1.29, 1.82) is 10.5 Å². The summed E-state index contributed by atoms with van der Waals surface area (Å²) in [6, 6.07) is 7.63. The maximum Gasteiger partial charge on any atom is 0.101 e. The molecule has 1 aromatic carbocycles. The summed E-state index contributed by atoms with van der Waals surface area (Å²) in [4.78, 5) is 0.811. The first kappa shape index (κ1) is 9.08. The molecule has 0 aliphatic rings. The van der Waals surface area contributed by atoms with Crippen LogP contribution in [0.15, 0.2) is 22.4 Å². The van der Waals surface area contributed by atoms with Gasteiger partial charge in [-0.3, -0.25) is 0 Å². The maximum absolute atomic E-state index is 8.89. The highest BCUT2D eigenvalue weighted by Crippen LogP contribution is 2.33. The molecule has 0 saturated heterocycles. The van der Waals surface area contributed by atoms with E-state index in [4.69, 9.17) is 10.5 Å². The molecular weight excluding hydrogens is 212 g/mol. The lowest BCUT2D eigenvalue weighted by Crippen LogP contribution is -1.79. The molecular formula is C10H4N2S2. The molecule has 0 saturated carbocycles. The normalized spacial score (nSPS) is 9.64. The van der Waals surface area contributed by atoms with Crippen LogP contribution < -0.4 is 0 Å². The molecule has 0 amide bonds. The van der Waals surface area contributed by atoms with Crippen LogP contribution in [0, 0.1) is 22.7 Å². The standard InChI is InChI=1S/C10H4N2S2/c11-3-6-1-2-8(13)10-9(6)7(4-12)5-14-10/h1-2,5,13H. The van der Waals surface area contributed by atoms with Gasteiger partial charge in [0.25, 0.3) is 0 Å². The van der Waals surface area contributed by atoms with Gasteiger partial charge in [0.2, 0.25) is 0 Å². The Labute approximate surface area is 90.4 Å². The van der Waals surface area contributed by atoms with E-state index in [0.29, 0.717) is 11.1 Å². The molecule has 2 aromatic rings. The molecule has 0 N–H and O–H groups in total. The molecule has 1 aromatic heterocycles. The van der Waals surface area contributed by atoms with Gasteiger partial charge in [0, 0.05) is 15.7 Å². The Morgan fingerprint density at radius 3 is 2.50 bits per heavy atom. The van der Waals surface area contributed by atoms with Gasteiger partial charge in [0.05, 0.1) is 21.9 Å². The first-order chi connectivity index (χ1) is 6.77. The Kier molecular flexibility index (Phi) is 2.17. The SMILES string of the molecule is N#Cc1ccc(S)c2scc(C#N)c12. The van der Waals surface area contributed by atoms with Crippen LogP contribution in [0.25, 0.3) is 10.1 Å². The van der Waals surface area contributed by atoms with Crippen LogP contribution in [0.2, 0.25) is 0 Å². The highest BCUT2D eigenvalue weighted by atomic mass is 32.1. The molecule has 2 nitrogen and oxygen atoms in total. The molecule has 2 rings (SSSR count). The third-order valence-electron chi connectivity index (χ3n) is 1.94. The molecule has 0 radical (unpaired) electrons. The van der Waals surface area contributed by atoms with E-state index in [2.05, 4.69) is 24.8 Å². The van der Waals surface area contributed by atoms with Crippen LogP contribution in [0.5, 0.6) is 0 Å². The van der Waals surface area contributed by atoms with Gasteiger partial charge < -0.3 is 0 Å². The number of fused-ring (bicyclic) bond motifs is 1. The summed E-state index contributed by atoms with van der Waals surface area (Å²) in [5, 5.41) is 20.2. The molecule has 0 spiro atoms. The van der Waals surface area contributed by atoms with Gasteiger partial charge in [-0.15, -0.1) is 24.0 Å². The lowest BCUT2D eigenvalue weighted by molar-refractivity contribution is 1.48. The summed E-state index contributed by atoms with van der Waals surface area (Å²) in [5.41, 5.74) is 1.09. The number of hydrogen-bond acceptors (Lipinski definition) is 4. The van der Waals surface area contributed by atoms with Crippen molar-refractivity contribution < 1.29 is 0 Å². The number of thiol groups is 1. The van der Waals surface area contributed by atoms with E-state index in [1.165, 1.54) is 11.3 Å². The van der Waals surface area contributed by atoms with E-state index in [1.807, 2.05) is 0 Å². The van der Waals surface area contributed by atoms with Gasteiger partial charge in [-0.25, -0.2) is 0 Å². The van der Waals surface area contributed by atoms with Gasteiger partial charge in [0.1, 0.15) is 6.07 Å². The fourth-order valence-corrected chi connectivity index (χ4v) is 2.59. The average Bonchev–Trinajstić information content (AvgIpc) is 2.63. The largest absolute Gasteiger partial charge is 0.192 e. The van der Waals surface area contributed by atoms with E-state index < -0.39 is 0 Å². The second-order valence-corrected chi connectivity index (χ2v) is 4.07. The molecule has 0 atom stereocenters. The topological polar surface area (TPSA) is 47.6 Å². The van der Waals surface area contributed by atoms with Crippen molar-refractivity contribution in [3.05, 3.63) is 28.6 Å². The van der Waals surface area contributed by atoms with Crippen molar-refractivity contribution in [3.8, 4) is 12.1 Å². The number of thiophene rings is 1. The molecule has 0 aliphatic carbocycles. The van der Waals surface area contributed by atoms with E-state index in [-0.39, 0.29) is 0 Å². The first-order valence-electron chi connectivity index (χ1n) is 3.81. The predicted molar refractivity (Wildman–Crippen MR) is 58.5 cm³/mol. The fourth-order valence-electron chi connectivity index (χ4n) is 1.31. The van der Waals surface area contributed by atoms with Crippen molar-refractivity contribution >= 4 is 34.1 Å². The smallest absolute Gasteiger partial charge is 0.101 e. The Morgan fingerprint density at radius 1 is 1.14 bits per heavy atom. The average molecular weight is 216 g/mol. The monoisotopic (exact) mass is 216 g/mol. The lowest BCUT2D eigenvalue weighted by Gasteiger charge is -1.96. The highest BCUT2D eigenvalue weighted by molar-refractivity contribution is 7.80. The quantitative estimate of drug-likeness (QED) is 0.688. The number of nitriles is 2. The summed E-state index contributed by atoms with van der Waals surface area (Å²) < 4.78 is 0.906. The van der Waals surface area contributed by atoms with E-state index >= 15 is 0 Å². The second-order valence-electron chi connectivity index (χ2n) is 2.71. The summed E-state index contributed by atoms with van der Waals surface area (Å²) in [7, 11) is 0. The zero-order valence-electron chi connectivity index (χ0n) is 6.98. The van der Waals surface area contributed by atoms with E-state index in [1.54, 1.807) is 17.5 Å². The fraction of sp³-hybridized carbons (Fsp3) is 0. The van der Waals surface area contributed by atoms with Crippen molar-refractivity contribution in [2.75, 3.05) is 0 Å². The maximum atomic E-state index is 8.89. The zero-order chi connectivity index (χ0) is 10.1. The Hall–Kier alpha value is -1.49. The van der Waals surface area contributed by atoms with Gasteiger partial charge in [-0.1, -0.05) is 0 Å². The summed E-state index contributed by atoms with van der Waals surface area (Å²) >= 11 is 5.72. The van der Waals surface area contributed by atoms with Gasteiger partial charge in [0.15, 0.2) is 0 Å². The molecule has 0 unspecified atom stereocenters. The van der Waals surface area contributed by atoms with E-state index in [9.17, 15) is 0 Å². The summed E-state index contributed by atoms with van der Waals surface area (Å²) in [6.45, 7) is 0. The van der Waals surface area contributed by atoms with Gasteiger partial charge in [-0.2, -0.15) is 10.5 Å². The third kappa shape index (κ3) is 1.17. The minimum absolute atomic E-state index is 0.538. The first-order valence-corrected chi connectivity index (χ1v) is 5.14. The Balaban J connectivity index is 3.00. The predicted octanol–water partition coefficient (Wildman–Crippen LogP) is 2.93. The van der Waals surface area contributed by atoms with Crippen LogP contribution in [0.1, 0.15) is 11.1 Å². The molecule has 66 valence electrons. The van der Waals surface area contributed by atoms with Gasteiger partial charge in [-0.05, 0) is 12.1 Å². The minimum Gasteiger partial charge on any atom is -0.192 e. The molecule has 0 aliphatic heterocycles. The summed E-state index contributed by atoms with van der Waals surface area (Å²) in [6.07, 6.45) is 0. The number of nitrogens with zero attached hydrogens (tertiary/aromatic N) is 2.